The molecule has 3 aromatic carbocycles. The molecule has 0 aromatic heterocycles. The van der Waals surface area contributed by atoms with Crippen molar-refractivity contribution in [3.8, 4) is 5.75 Å². The highest BCUT2D eigenvalue weighted by atomic mass is 16.6. The Kier molecular flexibility index (Phi) is 8.51. The number of aliphatic hydroxyl groups is 1. The van der Waals surface area contributed by atoms with E-state index in [0.29, 0.717) is 63.2 Å². The number of rotatable bonds is 8. The van der Waals surface area contributed by atoms with Crippen LogP contribution in [0, 0.1) is 0 Å². The van der Waals surface area contributed by atoms with Crippen LogP contribution in [0.1, 0.15) is 52.7 Å². The number of carbonyl (C=O) groups excluding carboxylic acids is 1. The van der Waals surface area contributed by atoms with Crippen molar-refractivity contribution in [2.75, 3.05) is 6.61 Å². The summed E-state index contributed by atoms with van der Waals surface area (Å²) in [5.41, 5.74) is 3.37. The summed E-state index contributed by atoms with van der Waals surface area (Å²) < 4.78 is 24.4. The topological polar surface area (TPSA) is 74.2 Å². The highest BCUT2D eigenvalue weighted by Gasteiger charge is 2.34. The molecule has 0 saturated carbocycles. The number of cyclic esters (lactones) is 1. The fourth-order valence-electron chi connectivity index (χ4n) is 5.16. The maximum Gasteiger partial charge on any atom is 0.342 e. The monoisotopic (exact) mass is 502 g/mol. The van der Waals surface area contributed by atoms with E-state index in [0.717, 1.165) is 16.7 Å². The normalized spacial score (nSPS) is 23.5. The van der Waals surface area contributed by atoms with Gasteiger partial charge in [-0.2, -0.15) is 0 Å². The number of hydrogen-bond acceptors (Lipinski definition) is 6. The summed E-state index contributed by atoms with van der Waals surface area (Å²) in [5.74, 6) is 0.117. The van der Waals surface area contributed by atoms with Gasteiger partial charge in [0, 0.05) is 12.8 Å². The molecule has 2 heterocycles. The third-order valence-corrected chi connectivity index (χ3v) is 6.95. The van der Waals surface area contributed by atoms with Crippen LogP contribution in [0.4, 0.5) is 0 Å². The Morgan fingerprint density at radius 3 is 2.27 bits per heavy atom. The van der Waals surface area contributed by atoms with Gasteiger partial charge in [-0.25, -0.2) is 4.79 Å². The van der Waals surface area contributed by atoms with Crippen LogP contribution < -0.4 is 4.74 Å². The van der Waals surface area contributed by atoms with E-state index in [1.54, 1.807) is 0 Å². The third kappa shape index (κ3) is 6.98. The molecule has 6 heteroatoms. The van der Waals surface area contributed by atoms with E-state index >= 15 is 0 Å². The fourth-order valence-corrected chi connectivity index (χ4v) is 5.16. The van der Waals surface area contributed by atoms with Crippen LogP contribution in [-0.4, -0.2) is 42.1 Å². The molecule has 1 saturated heterocycles. The number of carbonyl (C=O) groups is 1. The van der Waals surface area contributed by atoms with Crippen LogP contribution in [-0.2, 0) is 33.8 Å². The van der Waals surface area contributed by atoms with E-state index in [4.69, 9.17) is 18.9 Å². The average Bonchev–Trinajstić information content (AvgIpc) is 2.90. The van der Waals surface area contributed by atoms with Gasteiger partial charge < -0.3 is 24.1 Å². The highest BCUT2D eigenvalue weighted by Crippen LogP contribution is 2.33. The summed E-state index contributed by atoms with van der Waals surface area (Å²) in [6.07, 6.45) is 1.51. The largest absolute Gasteiger partial charge is 0.488 e. The molecule has 2 aliphatic rings. The van der Waals surface area contributed by atoms with Gasteiger partial charge in [-0.15, -0.1) is 0 Å². The van der Waals surface area contributed by atoms with Crippen molar-refractivity contribution < 1.29 is 28.8 Å². The summed E-state index contributed by atoms with van der Waals surface area (Å²) in [4.78, 5) is 13.6. The second-order valence-corrected chi connectivity index (χ2v) is 9.86. The van der Waals surface area contributed by atoms with Crippen LogP contribution in [0.5, 0.6) is 5.75 Å². The standard InChI is InChI=1S/C31H34O6/c32-25-17-27-16-24-12-7-13-29(35-21-23-10-5-2-6-11-23)30(24)31(33)37-26(19-28(18-25)36-27)14-15-34-20-22-8-3-1-4-9-22/h1-13,25-28,32H,14-21H2/t25-,26-,27-,28+/m0/s1. The number of fused-ring (bicyclic) bond motifs is 3. The first kappa shape index (κ1) is 25.5. The number of ether oxygens (including phenoxy) is 4. The fraction of sp³-hybridized carbons (Fsp3) is 0.387. The molecule has 1 fully saturated rings. The average molecular weight is 503 g/mol. The van der Waals surface area contributed by atoms with Gasteiger partial charge in [-0.3, -0.25) is 0 Å². The first-order chi connectivity index (χ1) is 18.1. The number of hydrogen-bond donors (Lipinski definition) is 1. The van der Waals surface area contributed by atoms with Crippen molar-refractivity contribution in [2.45, 2.75) is 69.7 Å². The predicted octanol–water partition coefficient (Wildman–Crippen LogP) is 5.25. The molecule has 0 amide bonds. The van der Waals surface area contributed by atoms with Gasteiger partial charge in [0.2, 0.25) is 0 Å². The van der Waals surface area contributed by atoms with Crippen molar-refractivity contribution in [2.24, 2.45) is 0 Å². The van der Waals surface area contributed by atoms with Gasteiger partial charge in [-0.05, 0) is 42.0 Å². The molecule has 4 atom stereocenters. The molecule has 3 aromatic rings. The second-order valence-electron chi connectivity index (χ2n) is 9.86. The molecule has 2 aliphatic heterocycles. The minimum absolute atomic E-state index is 0.167. The van der Waals surface area contributed by atoms with E-state index in [1.165, 1.54) is 0 Å². The van der Waals surface area contributed by atoms with Crippen molar-refractivity contribution in [1.29, 1.82) is 0 Å². The van der Waals surface area contributed by atoms with Crippen LogP contribution in [0.3, 0.4) is 0 Å². The zero-order valence-electron chi connectivity index (χ0n) is 21.0. The van der Waals surface area contributed by atoms with Gasteiger partial charge in [-0.1, -0.05) is 72.8 Å². The lowest BCUT2D eigenvalue weighted by Crippen LogP contribution is -2.40. The van der Waals surface area contributed by atoms with Crippen molar-refractivity contribution in [3.05, 3.63) is 101 Å². The molecule has 0 spiro atoms. The smallest absolute Gasteiger partial charge is 0.342 e. The van der Waals surface area contributed by atoms with E-state index in [-0.39, 0.29) is 18.2 Å². The minimum atomic E-state index is -0.435. The highest BCUT2D eigenvalue weighted by molar-refractivity contribution is 5.94. The van der Waals surface area contributed by atoms with Gasteiger partial charge in [0.15, 0.2) is 0 Å². The summed E-state index contributed by atoms with van der Waals surface area (Å²) in [5, 5.41) is 10.5. The lowest BCUT2D eigenvalue weighted by molar-refractivity contribution is -0.111. The third-order valence-electron chi connectivity index (χ3n) is 6.95. The summed E-state index contributed by atoms with van der Waals surface area (Å²) in [7, 11) is 0. The zero-order chi connectivity index (χ0) is 25.5. The van der Waals surface area contributed by atoms with Gasteiger partial charge in [0.05, 0.1) is 31.5 Å². The summed E-state index contributed by atoms with van der Waals surface area (Å²) in [6, 6.07) is 25.5. The van der Waals surface area contributed by atoms with Crippen LogP contribution in [0.25, 0.3) is 0 Å². The van der Waals surface area contributed by atoms with Gasteiger partial charge in [0.25, 0.3) is 0 Å². The molecule has 194 valence electrons. The van der Waals surface area contributed by atoms with Crippen molar-refractivity contribution >= 4 is 5.97 Å². The van der Waals surface area contributed by atoms with Crippen LogP contribution >= 0.6 is 0 Å². The Hall–Kier alpha value is -3.19. The molecule has 6 nitrogen and oxygen atoms in total. The van der Waals surface area contributed by atoms with Crippen LogP contribution in [0.15, 0.2) is 78.9 Å². The number of esters is 1. The maximum atomic E-state index is 13.6. The molecule has 0 radical (unpaired) electrons. The Labute approximate surface area is 218 Å². The number of aliphatic hydroxyl groups excluding tert-OH is 1. The van der Waals surface area contributed by atoms with Gasteiger partial charge >= 0.3 is 5.97 Å². The minimum Gasteiger partial charge on any atom is -0.488 e. The lowest BCUT2D eigenvalue weighted by atomic mass is 9.91. The molecular weight excluding hydrogens is 468 g/mol. The van der Waals surface area contributed by atoms with Crippen LogP contribution in [0.2, 0.25) is 0 Å². The Balaban J connectivity index is 1.33. The molecule has 37 heavy (non-hydrogen) atoms. The summed E-state index contributed by atoms with van der Waals surface area (Å²) in [6.45, 7) is 1.30. The quantitative estimate of drug-likeness (QED) is 0.335. The molecule has 0 aliphatic carbocycles. The van der Waals surface area contributed by atoms with Crippen molar-refractivity contribution in [3.63, 3.8) is 0 Å². The first-order valence-corrected chi connectivity index (χ1v) is 13.1. The Morgan fingerprint density at radius 2 is 1.51 bits per heavy atom. The predicted molar refractivity (Wildman–Crippen MR) is 139 cm³/mol. The zero-order valence-corrected chi connectivity index (χ0v) is 21.0. The molecule has 2 bridgehead atoms. The molecular formula is C31H34O6. The maximum absolute atomic E-state index is 13.6. The Bertz CT molecular complexity index is 1150. The van der Waals surface area contributed by atoms with E-state index < -0.39 is 12.2 Å². The van der Waals surface area contributed by atoms with E-state index in [9.17, 15) is 9.90 Å². The van der Waals surface area contributed by atoms with Crippen molar-refractivity contribution in [1.82, 2.24) is 0 Å². The first-order valence-electron chi connectivity index (χ1n) is 13.1. The lowest BCUT2D eigenvalue weighted by Gasteiger charge is -2.36. The molecule has 0 unspecified atom stereocenters. The van der Waals surface area contributed by atoms with Gasteiger partial charge in [0.1, 0.15) is 24.0 Å². The Morgan fingerprint density at radius 1 is 0.811 bits per heavy atom. The molecule has 1 N–H and O–H groups in total. The summed E-state index contributed by atoms with van der Waals surface area (Å²) >= 11 is 0. The SMILES string of the molecule is O=C1O[C@@H](CCOCc2ccccc2)C[C@H]2C[C@@H](O)C[C@H](Cc3cccc(OCc4ccccc4)c31)O2. The van der Waals surface area contributed by atoms with E-state index in [2.05, 4.69) is 0 Å². The van der Waals surface area contributed by atoms with E-state index in [1.807, 2.05) is 78.9 Å². The molecule has 5 rings (SSSR count). The second kappa shape index (κ2) is 12.4. The number of benzene rings is 3.